The topological polar surface area (TPSA) is 75.4 Å². The summed E-state index contributed by atoms with van der Waals surface area (Å²) in [5, 5.41) is 3.09. The number of aryl methyl sites for hydroxylation is 1. The lowest BCUT2D eigenvalue weighted by Crippen LogP contribution is -2.48. The van der Waals surface area contributed by atoms with Gasteiger partial charge >= 0.3 is 0 Å². The Labute approximate surface area is 176 Å². The summed E-state index contributed by atoms with van der Waals surface area (Å²) in [5.41, 5.74) is 7.28. The number of piperidine rings is 1. The second-order valence-electron chi connectivity index (χ2n) is 7.21. The molecule has 0 radical (unpaired) electrons. The summed E-state index contributed by atoms with van der Waals surface area (Å²) >= 11 is 1.50. The molecule has 1 fully saturated rings. The monoisotopic (exact) mass is 421 g/mol. The molecule has 2 atom stereocenters. The number of thiophene rings is 1. The summed E-state index contributed by atoms with van der Waals surface area (Å²) in [6.07, 6.45) is 1.55. The molecular weight excluding hydrogens is 394 g/mol. The van der Waals surface area contributed by atoms with Crippen molar-refractivity contribution in [2.24, 2.45) is 11.7 Å². The standard InChI is InChI=1S/C21H27N3O2S.ClH/c1-14-8-9-18(27-14)20(25)23-17-10-12-24(13-11-17)21(26)15(2)19(22)16-6-4-3-5-7-16;/h3-9,15,17,19H,10-13,22H2,1-2H3,(H,23,25);1H. The average Bonchev–Trinajstić information content (AvgIpc) is 3.14. The van der Waals surface area contributed by atoms with Crippen LogP contribution >= 0.6 is 23.7 Å². The van der Waals surface area contributed by atoms with Crippen LogP contribution < -0.4 is 11.1 Å². The molecule has 2 aromatic rings. The number of amides is 2. The van der Waals surface area contributed by atoms with Crippen molar-refractivity contribution in [2.75, 3.05) is 13.1 Å². The van der Waals surface area contributed by atoms with Gasteiger partial charge < -0.3 is 16.0 Å². The van der Waals surface area contributed by atoms with Gasteiger partial charge in [0, 0.05) is 30.1 Å². The van der Waals surface area contributed by atoms with Gasteiger partial charge in [-0.25, -0.2) is 0 Å². The summed E-state index contributed by atoms with van der Waals surface area (Å²) < 4.78 is 0. The first-order valence-corrected chi connectivity index (χ1v) is 10.2. The quantitative estimate of drug-likeness (QED) is 0.775. The van der Waals surface area contributed by atoms with E-state index in [4.69, 9.17) is 5.73 Å². The Hall–Kier alpha value is -1.89. The summed E-state index contributed by atoms with van der Waals surface area (Å²) in [7, 11) is 0. The molecule has 7 heteroatoms. The van der Waals surface area contributed by atoms with Crippen LogP contribution in [0.4, 0.5) is 0 Å². The number of nitrogens with zero attached hydrogens (tertiary/aromatic N) is 1. The van der Waals surface area contributed by atoms with E-state index in [0.29, 0.717) is 13.1 Å². The number of hydrogen-bond acceptors (Lipinski definition) is 4. The first kappa shape index (κ1) is 22.4. The van der Waals surface area contributed by atoms with E-state index in [-0.39, 0.29) is 42.2 Å². The predicted octanol–water partition coefficient (Wildman–Crippen LogP) is 3.54. The number of likely N-dealkylation sites (tertiary alicyclic amines) is 1. The Morgan fingerprint density at radius 3 is 2.36 bits per heavy atom. The van der Waals surface area contributed by atoms with Crippen molar-refractivity contribution in [3.63, 3.8) is 0 Å². The summed E-state index contributed by atoms with van der Waals surface area (Å²) in [4.78, 5) is 28.9. The SMILES string of the molecule is Cc1ccc(C(=O)NC2CCN(C(=O)C(C)C(N)c3ccccc3)CC2)s1.Cl. The predicted molar refractivity (Wildman–Crippen MR) is 116 cm³/mol. The Kier molecular flexibility index (Phi) is 8.04. The first-order valence-electron chi connectivity index (χ1n) is 9.42. The molecule has 0 bridgehead atoms. The van der Waals surface area contributed by atoms with Gasteiger partial charge in [-0.05, 0) is 37.5 Å². The molecule has 2 heterocycles. The maximum Gasteiger partial charge on any atom is 0.261 e. The highest BCUT2D eigenvalue weighted by atomic mass is 35.5. The molecule has 1 saturated heterocycles. The summed E-state index contributed by atoms with van der Waals surface area (Å²) in [6.45, 7) is 5.19. The number of halogens is 1. The number of nitrogens with two attached hydrogens (primary N) is 1. The van der Waals surface area contributed by atoms with Gasteiger partial charge in [0.05, 0.1) is 10.8 Å². The Morgan fingerprint density at radius 1 is 1.14 bits per heavy atom. The van der Waals surface area contributed by atoms with E-state index in [0.717, 1.165) is 28.2 Å². The first-order chi connectivity index (χ1) is 13.0. The van der Waals surface area contributed by atoms with Gasteiger partial charge in [0.2, 0.25) is 5.91 Å². The number of hydrogen-bond donors (Lipinski definition) is 2. The number of carbonyl (C=O) groups is 2. The highest BCUT2D eigenvalue weighted by Crippen LogP contribution is 2.23. The lowest BCUT2D eigenvalue weighted by Gasteiger charge is -2.35. The lowest BCUT2D eigenvalue weighted by atomic mass is 9.93. The molecule has 2 amide bonds. The largest absolute Gasteiger partial charge is 0.348 e. The number of nitrogens with one attached hydrogen (secondary N) is 1. The Morgan fingerprint density at radius 2 is 1.79 bits per heavy atom. The van der Waals surface area contributed by atoms with Crippen molar-refractivity contribution < 1.29 is 9.59 Å². The minimum Gasteiger partial charge on any atom is -0.348 e. The fourth-order valence-electron chi connectivity index (χ4n) is 3.46. The van der Waals surface area contributed by atoms with Gasteiger partial charge in [-0.2, -0.15) is 0 Å². The van der Waals surface area contributed by atoms with E-state index in [9.17, 15) is 9.59 Å². The molecule has 1 aliphatic rings. The smallest absolute Gasteiger partial charge is 0.261 e. The van der Waals surface area contributed by atoms with Crippen LogP contribution in [0.1, 0.15) is 45.9 Å². The van der Waals surface area contributed by atoms with Crippen LogP contribution in [-0.2, 0) is 4.79 Å². The van der Waals surface area contributed by atoms with E-state index in [2.05, 4.69) is 5.32 Å². The molecule has 5 nitrogen and oxygen atoms in total. The molecule has 0 spiro atoms. The number of benzene rings is 1. The third-order valence-corrected chi connectivity index (χ3v) is 6.22. The van der Waals surface area contributed by atoms with Crippen molar-refractivity contribution in [3.05, 3.63) is 57.8 Å². The van der Waals surface area contributed by atoms with E-state index in [1.807, 2.05) is 61.2 Å². The summed E-state index contributed by atoms with van der Waals surface area (Å²) in [5.74, 6) is -0.199. The third-order valence-electron chi connectivity index (χ3n) is 5.22. The molecule has 1 aromatic heterocycles. The maximum atomic E-state index is 12.8. The fourth-order valence-corrected chi connectivity index (χ4v) is 4.23. The highest BCUT2D eigenvalue weighted by molar-refractivity contribution is 7.13. The fraction of sp³-hybridized carbons (Fsp3) is 0.429. The van der Waals surface area contributed by atoms with E-state index in [1.54, 1.807) is 0 Å². The van der Waals surface area contributed by atoms with Crippen LogP contribution in [0, 0.1) is 12.8 Å². The van der Waals surface area contributed by atoms with Crippen LogP contribution in [-0.4, -0.2) is 35.8 Å². The van der Waals surface area contributed by atoms with Gasteiger partial charge in [0.1, 0.15) is 0 Å². The molecule has 0 saturated carbocycles. The molecule has 1 aromatic carbocycles. The molecule has 3 N–H and O–H groups in total. The van der Waals surface area contributed by atoms with Gasteiger partial charge in [-0.15, -0.1) is 23.7 Å². The molecule has 0 aliphatic carbocycles. The van der Waals surface area contributed by atoms with Crippen LogP contribution in [0.3, 0.4) is 0 Å². The minimum absolute atomic E-state index is 0. The molecule has 3 rings (SSSR count). The van der Waals surface area contributed by atoms with Crippen molar-refractivity contribution in [1.82, 2.24) is 10.2 Å². The van der Waals surface area contributed by atoms with Crippen LogP contribution in [0.5, 0.6) is 0 Å². The van der Waals surface area contributed by atoms with E-state index in [1.165, 1.54) is 11.3 Å². The van der Waals surface area contributed by atoms with E-state index < -0.39 is 0 Å². The number of rotatable bonds is 5. The van der Waals surface area contributed by atoms with E-state index >= 15 is 0 Å². The zero-order chi connectivity index (χ0) is 19.4. The van der Waals surface area contributed by atoms with Gasteiger partial charge in [-0.1, -0.05) is 37.3 Å². The third kappa shape index (κ3) is 5.34. The summed E-state index contributed by atoms with van der Waals surface area (Å²) in [6, 6.07) is 13.4. The van der Waals surface area contributed by atoms with Crippen molar-refractivity contribution in [3.8, 4) is 0 Å². The zero-order valence-corrected chi connectivity index (χ0v) is 17.9. The molecule has 152 valence electrons. The normalized spacial score (nSPS) is 16.8. The van der Waals surface area contributed by atoms with Crippen LogP contribution in [0.15, 0.2) is 42.5 Å². The maximum absolute atomic E-state index is 12.8. The van der Waals surface area contributed by atoms with Crippen LogP contribution in [0.2, 0.25) is 0 Å². The zero-order valence-electron chi connectivity index (χ0n) is 16.3. The van der Waals surface area contributed by atoms with Crippen molar-refractivity contribution in [2.45, 2.75) is 38.8 Å². The van der Waals surface area contributed by atoms with Gasteiger partial charge in [0.25, 0.3) is 5.91 Å². The lowest BCUT2D eigenvalue weighted by molar-refractivity contribution is -0.136. The molecular formula is C21H28ClN3O2S. The highest BCUT2D eigenvalue weighted by Gasteiger charge is 2.30. The van der Waals surface area contributed by atoms with Gasteiger partial charge in [-0.3, -0.25) is 9.59 Å². The average molecular weight is 422 g/mol. The Balaban J connectivity index is 0.00000280. The minimum atomic E-state index is -0.307. The van der Waals surface area contributed by atoms with Crippen molar-refractivity contribution >= 4 is 35.6 Å². The Bertz CT molecular complexity index is 788. The molecule has 1 aliphatic heterocycles. The molecule has 2 unspecified atom stereocenters. The number of carbonyl (C=O) groups excluding carboxylic acids is 2. The second kappa shape index (κ2) is 10.0. The van der Waals surface area contributed by atoms with Gasteiger partial charge in [0.15, 0.2) is 0 Å². The van der Waals surface area contributed by atoms with Crippen molar-refractivity contribution in [1.29, 1.82) is 0 Å². The second-order valence-corrected chi connectivity index (χ2v) is 8.50. The van der Waals surface area contributed by atoms with Crippen LogP contribution in [0.25, 0.3) is 0 Å². The molecule has 28 heavy (non-hydrogen) atoms.